The van der Waals surface area contributed by atoms with Gasteiger partial charge in [-0.15, -0.1) is 11.3 Å². The molecular weight excluding hydrogens is 522 g/mol. The number of nitrogens with one attached hydrogen (secondary N) is 1. The number of amides is 3. The largest absolute Gasteiger partial charge is 0.340 e. The lowest BCUT2D eigenvalue weighted by atomic mass is 9.88. The van der Waals surface area contributed by atoms with Crippen LogP contribution in [0, 0.1) is 11.8 Å². The van der Waals surface area contributed by atoms with Crippen LogP contribution in [0.25, 0.3) is 6.08 Å². The summed E-state index contributed by atoms with van der Waals surface area (Å²) in [5.41, 5.74) is 1.85. The van der Waals surface area contributed by atoms with Gasteiger partial charge in [0.05, 0.1) is 18.7 Å². The van der Waals surface area contributed by atoms with Crippen LogP contribution >= 0.6 is 11.3 Å². The Morgan fingerprint density at radius 2 is 1.80 bits per heavy atom. The zero-order chi connectivity index (χ0) is 28.3. The molecule has 1 N–H and O–H groups in total. The Hall–Kier alpha value is -3.04. The summed E-state index contributed by atoms with van der Waals surface area (Å²) in [4.78, 5) is 49.3. The number of aromatic nitrogens is 1. The highest BCUT2D eigenvalue weighted by Crippen LogP contribution is 2.26. The van der Waals surface area contributed by atoms with Crippen LogP contribution in [0.1, 0.15) is 57.2 Å². The number of thiazole rings is 1. The summed E-state index contributed by atoms with van der Waals surface area (Å²) in [7, 11) is 0. The molecule has 2 aromatic rings. The molecule has 0 atom stereocenters. The molecule has 0 spiro atoms. The summed E-state index contributed by atoms with van der Waals surface area (Å²) in [5, 5.41) is 5.15. The van der Waals surface area contributed by atoms with E-state index in [0.29, 0.717) is 30.5 Å². The minimum atomic E-state index is -0.241. The molecule has 8 nitrogen and oxygen atoms in total. The first-order valence-corrected chi connectivity index (χ1v) is 15.5. The second-order valence-corrected chi connectivity index (χ2v) is 12.2. The van der Waals surface area contributed by atoms with E-state index in [-0.39, 0.29) is 42.5 Å². The Morgan fingerprint density at radius 1 is 1.07 bits per heavy atom. The number of nitrogens with zero attached hydrogens (tertiary/aromatic N) is 4. The maximum Gasteiger partial charge on any atom is 0.245 e. The van der Waals surface area contributed by atoms with Crippen LogP contribution in [0.4, 0.5) is 5.13 Å². The van der Waals surface area contributed by atoms with E-state index in [0.717, 1.165) is 45.3 Å². The molecule has 0 unspecified atom stereocenters. The van der Waals surface area contributed by atoms with Gasteiger partial charge in [0.2, 0.25) is 17.7 Å². The first-order valence-electron chi connectivity index (χ1n) is 14.6. The highest BCUT2D eigenvalue weighted by atomic mass is 32.1. The number of anilines is 1. The fraction of sp³-hybridized carbons (Fsp3) is 0.548. The predicted octanol–water partition coefficient (Wildman–Crippen LogP) is 4.55. The van der Waals surface area contributed by atoms with Crippen molar-refractivity contribution in [2.45, 2.75) is 52.4 Å². The van der Waals surface area contributed by atoms with E-state index in [9.17, 15) is 14.4 Å². The molecule has 2 fully saturated rings. The normalized spacial score (nSPS) is 16.9. The van der Waals surface area contributed by atoms with E-state index in [1.54, 1.807) is 4.90 Å². The third-order valence-corrected chi connectivity index (χ3v) is 8.32. The Balaban J connectivity index is 1.21. The summed E-state index contributed by atoms with van der Waals surface area (Å²) >= 11 is 1.32. The number of carbonyl (C=O) groups excluding carboxylic acids is 3. The first kappa shape index (κ1) is 29.9. The Kier molecular flexibility index (Phi) is 11.3. The van der Waals surface area contributed by atoms with Gasteiger partial charge in [-0.3, -0.25) is 19.3 Å². The van der Waals surface area contributed by atoms with E-state index in [4.69, 9.17) is 0 Å². The fourth-order valence-electron chi connectivity index (χ4n) is 5.41. The minimum Gasteiger partial charge on any atom is -0.340 e. The molecular formula is C31H43N5O3S. The maximum atomic E-state index is 13.1. The summed E-state index contributed by atoms with van der Waals surface area (Å²) in [5.74, 6) is 0.232. The number of benzene rings is 1. The predicted molar refractivity (Wildman–Crippen MR) is 161 cm³/mol. The van der Waals surface area contributed by atoms with Crippen LogP contribution in [-0.4, -0.2) is 83.2 Å². The van der Waals surface area contributed by atoms with E-state index in [2.05, 4.69) is 53.3 Å². The zero-order valence-electron chi connectivity index (χ0n) is 23.9. The molecule has 1 saturated carbocycles. The quantitative estimate of drug-likeness (QED) is 0.432. The molecule has 3 amide bonds. The minimum absolute atomic E-state index is 0.0328. The lowest BCUT2D eigenvalue weighted by Gasteiger charge is -2.34. The lowest BCUT2D eigenvalue weighted by molar-refractivity contribution is -0.139. The van der Waals surface area contributed by atoms with Crippen molar-refractivity contribution in [3.05, 3.63) is 53.0 Å². The Bertz CT molecular complexity index is 1130. The van der Waals surface area contributed by atoms with E-state index < -0.39 is 0 Å². The van der Waals surface area contributed by atoms with Gasteiger partial charge in [0.15, 0.2) is 5.13 Å². The number of hydrogen-bond acceptors (Lipinski definition) is 6. The van der Waals surface area contributed by atoms with Gasteiger partial charge in [-0.05, 0) is 24.3 Å². The van der Waals surface area contributed by atoms with Crippen molar-refractivity contribution in [3.63, 3.8) is 0 Å². The number of rotatable bonds is 11. The molecule has 0 radical (unpaired) electrons. The van der Waals surface area contributed by atoms with Crippen LogP contribution in [-0.2, 0) is 20.8 Å². The summed E-state index contributed by atoms with van der Waals surface area (Å²) in [6.45, 7) is 8.68. The van der Waals surface area contributed by atoms with Crippen molar-refractivity contribution in [1.82, 2.24) is 19.7 Å². The Morgan fingerprint density at radius 3 is 2.50 bits per heavy atom. The molecule has 1 saturated heterocycles. The topological polar surface area (TPSA) is 85.8 Å². The highest BCUT2D eigenvalue weighted by molar-refractivity contribution is 7.13. The van der Waals surface area contributed by atoms with Gasteiger partial charge < -0.3 is 15.1 Å². The number of carbonyl (C=O) groups is 3. The van der Waals surface area contributed by atoms with Crippen molar-refractivity contribution >= 4 is 40.3 Å². The summed E-state index contributed by atoms with van der Waals surface area (Å²) in [6, 6.07) is 10.3. The van der Waals surface area contributed by atoms with Crippen molar-refractivity contribution in [1.29, 1.82) is 0 Å². The molecule has 1 aliphatic heterocycles. The van der Waals surface area contributed by atoms with Crippen molar-refractivity contribution in [2.24, 2.45) is 11.8 Å². The van der Waals surface area contributed by atoms with Crippen molar-refractivity contribution in [2.75, 3.05) is 51.1 Å². The SMILES string of the molecule is CC(C)CN(CC(=O)Nc1nc(CC(=O)N2CCN(CC=Cc3ccccc3)CC2)cs1)C(=O)C1CCCCC1. The standard InChI is InChI=1S/C31H43N5O3S/c1-24(2)21-36(30(39)26-13-7-4-8-14-26)22-28(37)33-31-32-27(23-40-31)20-29(38)35-18-16-34(17-19-35)15-9-12-25-10-5-3-6-11-25/h3,5-6,9-12,23-24,26H,4,7-8,13-22H2,1-2H3,(H,32,33,37). The molecule has 1 aromatic carbocycles. The second kappa shape index (κ2) is 15.1. The van der Waals surface area contributed by atoms with Crippen LogP contribution in [0.15, 0.2) is 41.8 Å². The van der Waals surface area contributed by atoms with Gasteiger partial charge in [-0.2, -0.15) is 0 Å². The van der Waals surface area contributed by atoms with Gasteiger partial charge >= 0.3 is 0 Å². The molecule has 1 aliphatic carbocycles. The highest BCUT2D eigenvalue weighted by Gasteiger charge is 2.28. The average Bonchev–Trinajstić information content (AvgIpc) is 3.39. The summed E-state index contributed by atoms with van der Waals surface area (Å²) < 4.78 is 0. The molecule has 2 heterocycles. The molecule has 40 heavy (non-hydrogen) atoms. The molecule has 4 rings (SSSR count). The molecule has 9 heteroatoms. The smallest absolute Gasteiger partial charge is 0.245 e. The summed E-state index contributed by atoms with van der Waals surface area (Å²) in [6.07, 6.45) is 9.71. The molecule has 0 bridgehead atoms. The lowest BCUT2D eigenvalue weighted by Crippen LogP contribution is -2.49. The van der Waals surface area contributed by atoms with Gasteiger partial charge in [-0.25, -0.2) is 4.98 Å². The third-order valence-electron chi connectivity index (χ3n) is 7.52. The van der Waals surface area contributed by atoms with Crippen LogP contribution in [0.2, 0.25) is 0 Å². The van der Waals surface area contributed by atoms with Crippen molar-refractivity contribution < 1.29 is 14.4 Å². The molecule has 2 aliphatic rings. The van der Waals surface area contributed by atoms with Gasteiger partial charge in [0, 0.05) is 50.6 Å². The van der Waals surface area contributed by atoms with Crippen LogP contribution in [0.5, 0.6) is 0 Å². The second-order valence-electron chi connectivity index (χ2n) is 11.3. The van der Waals surface area contributed by atoms with E-state index in [1.807, 2.05) is 28.5 Å². The van der Waals surface area contributed by atoms with Crippen molar-refractivity contribution in [3.8, 4) is 0 Å². The third kappa shape index (κ3) is 9.27. The maximum absolute atomic E-state index is 13.1. The van der Waals surface area contributed by atoms with Crippen LogP contribution in [0.3, 0.4) is 0 Å². The zero-order valence-corrected chi connectivity index (χ0v) is 24.7. The van der Waals surface area contributed by atoms with Gasteiger partial charge in [0.25, 0.3) is 0 Å². The average molecular weight is 566 g/mol. The van der Waals surface area contributed by atoms with E-state index >= 15 is 0 Å². The van der Waals surface area contributed by atoms with E-state index in [1.165, 1.54) is 23.3 Å². The first-order chi connectivity index (χ1) is 19.4. The fourth-order valence-corrected chi connectivity index (χ4v) is 6.13. The molecule has 216 valence electrons. The Labute approximate surface area is 242 Å². The van der Waals surface area contributed by atoms with Gasteiger partial charge in [-0.1, -0.05) is 75.6 Å². The number of piperazine rings is 1. The monoisotopic (exact) mass is 565 g/mol. The van der Waals surface area contributed by atoms with Crippen LogP contribution < -0.4 is 5.32 Å². The molecule has 1 aromatic heterocycles. The number of hydrogen-bond donors (Lipinski definition) is 1. The van der Waals surface area contributed by atoms with Gasteiger partial charge in [0.1, 0.15) is 0 Å².